The van der Waals surface area contributed by atoms with E-state index in [0.29, 0.717) is 23.7 Å². The third-order valence-electron chi connectivity index (χ3n) is 3.84. The van der Waals surface area contributed by atoms with Crippen LogP contribution in [0.15, 0.2) is 47.2 Å². The summed E-state index contributed by atoms with van der Waals surface area (Å²) in [5, 5.41) is 9.27. The highest BCUT2D eigenvalue weighted by molar-refractivity contribution is 6.03. The van der Waals surface area contributed by atoms with Crippen molar-refractivity contribution in [3.63, 3.8) is 0 Å². The van der Waals surface area contributed by atoms with Gasteiger partial charge in [0.25, 0.3) is 0 Å². The smallest absolute Gasteiger partial charge is 0.334 e. The Hall–Kier alpha value is -2.99. The van der Waals surface area contributed by atoms with Crippen LogP contribution in [0, 0.1) is 0 Å². The van der Waals surface area contributed by atoms with Crippen LogP contribution >= 0.6 is 0 Å². The summed E-state index contributed by atoms with van der Waals surface area (Å²) in [5.41, 5.74) is 10.5. The Morgan fingerprint density at radius 3 is 2.88 bits per heavy atom. The summed E-state index contributed by atoms with van der Waals surface area (Å²) < 4.78 is 5.07. The lowest BCUT2D eigenvalue weighted by atomic mass is 10.0. The molecule has 0 saturated heterocycles. The normalized spacial score (nSPS) is 13.4. The number of carbonyl (C=O) groups is 1. The molecule has 0 aliphatic carbocycles. The summed E-state index contributed by atoms with van der Waals surface area (Å²) in [6.07, 6.45) is 5.37. The molecule has 2 heterocycles. The number of aliphatic imine (C=N–C) groups is 1. The van der Waals surface area contributed by atoms with Gasteiger partial charge in [0, 0.05) is 35.5 Å². The van der Waals surface area contributed by atoms with E-state index in [-0.39, 0.29) is 19.0 Å². The maximum absolute atomic E-state index is 12.0. The molecule has 128 valence electrons. The number of fused-ring (bicyclic) bond motifs is 1. The molecule has 3 rings (SSSR count). The molecular formula is C19H19N3O3. The molecule has 1 aromatic heterocycles. The topological polar surface area (TPSA) is 97.8 Å². The molecular weight excluding hydrogens is 318 g/mol. The van der Waals surface area contributed by atoms with E-state index in [2.05, 4.69) is 9.98 Å². The number of amidine groups is 1. The number of nitrogens with zero attached hydrogens (tertiary/aromatic N) is 2. The van der Waals surface area contributed by atoms with Gasteiger partial charge in [-0.3, -0.25) is 4.98 Å². The number of benzene rings is 1. The molecule has 3 N–H and O–H groups in total. The van der Waals surface area contributed by atoms with E-state index in [1.54, 1.807) is 25.4 Å². The first-order valence-electron chi connectivity index (χ1n) is 8.00. The molecule has 0 atom stereocenters. The van der Waals surface area contributed by atoms with Crippen LogP contribution in [0.3, 0.4) is 0 Å². The third kappa shape index (κ3) is 3.75. The molecule has 0 bridgehead atoms. The van der Waals surface area contributed by atoms with Gasteiger partial charge in [0.15, 0.2) is 0 Å². The second kappa shape index (κ2) is 7.27. The van der Waals surface area contributed by atoms with Crippen molar-refractivity contribution in [1.29, 1.82) is 0 Å². The Morgan fingerprint density at radius 2 is 2.12 bits per heavy atom. The number of carbonyl (C=O) groups excluding carboxylic acids is 1. The standard InChI is InChI=1S/C19H19N3O3/c1-2-25-19(24)15-6-14-4-3-13(7-17(14)22-18(20)8-15)16-5-12(11-23)9-21-10-16/h3-7,9-10,23H,2,8,11H2,1H3,(H2,20,22). The van der Waals surface area contributed by atoms with Gasteiger partial charge in [-0.2, -0.15) is 0 Å². The number of hydrogen-bond donors (Lipinski definition) is 2. The number of rotatable bonds is 4. The minimum atomic E-state index is -0.377. The largest absolute Gasteiger partial charge is 0.463 e. The summed E-state index contributed by atoms with van der Waals surface area (Å²) in [6, 6.07) is 7.58. The number of esters is 1. The van der Waals surface area contributed by atoms with E-state index < -0.39 is 0 Å². The van der Waals surface area contributed by atoms with E-state index in [4.69, 9.17) is 10.5 Å². The van der Waals surface area contributed by atoms with Crippen LogP contribution in [-0.2, 0) is 16.1 Å². The van der Waals surface area contributed by atoms with Gasteiger partial charge in [0.1, 0.15) is 5.84 Å². The molecule has 0 fully saturated rings. The van der Waals surface area contributed by atoms with E-state index in [1.165, 1.54) is 0 Å². The van der Waals surface area contributed by atoms with Crippen LogP contribution in [0.5, 0.6) is 0 Å². The lowest BCUT2D eigenvalue weighted by molar-refractivity contribution is -0.138. The van der Waals surface area contributed by atoms with Crippen LogP contribution in [-0.4, -0.2) is 28.5 Å². The predicted molar refractivity (Wildman–Crippen MR) is 96.1 cm³/mol. The monoisotopic (exact) mass is 337 g/mol. The van der Waals surface area contributed by atoms with Gasteiger partial charge in [0.05, 0.1) is 18.9 Å². The fraction of sp³-hybridized carbons (Fsp3) is 0.211. The Morgan fingerprint density at radius 1 is 1.28 bits per heavy atom. The number of ether oxygens (including phenoxy) is 1. The fourth-order valence-corrected chi connectivity index (χ4v) is 2.66. The van der Waals surface area contributed by atoms with Crippen LogP contribution in [0.2, 0.25) is 0 Å². The van der Waals surface area contributed by atoms with Gasteiger partial charge in [-0.05, 0) is 36.3 Å². The Labute approximate surface area is 145 Å². The van der Waals surface area contributed by atoms with Gasteiger partial charge in [0.2, 0.25) is 0 Å². The molecule has 1 aromatic carbocycles. The highest BCUT2D eigenvalue weighted by atomic mass is 16.5. The van der Waals surface area contributed by atoms with Crippen molar-refractivity contribution in [2.45, 2.75) is 20.0 Å². The molecule has 0 spiro atoms. The van der Waals surface area contributed by atoms with Crippen LogP contribution in [0.25, 0.3) is 17.2 Å². The van der Waals surface area contributed by atoms with Crippen LogP contribution in [0.4, 0.5) is 5.69 Å². The first-order chi connectivity index (χ1) is 12.1. The number of aromatic nitrogens is 1. The van der Waals surface area contributed by atoms with Gasteiger partial charge in [-0.15, -0.1) is 0 Å². The average molecular weight is 337 g/mol. The summed E-state index contributed by atoms with van der Waals surface area (Å²) in [6.45, 7) is 2.01. The SMILES string of the molecule is CCOC(=O)C1=Cc2ccc(-c3cncc(CO)c3)cc2N=C(N)C1. The maximum Gasteiger partial charge on any atom is 0.334 e. The second-order valence-electron chi connectivity index (χ2n) is 5.68. The van der Waals surface area contributed by atoms with Crippen molar-refractivity contribution in [2.75, 3.05) is 6.61 Å². The minimum absolute atomic E-state index is 0.0669. The summed E-state index contributed by atoms with van der Waals surface area (Å²) >= 11 is 0. The van der Waals surface area contributed by atoms with Gasteiger partial charge in [-0.1, -0.05) is 12.1 Å². The summed E-state index contributed by atoms with van der Waals surface area (Å²) in [7, 11) is 0. The van der Waals surface area contributed by atoms with E-state index >= 15 is 0 Å². The molecule has 0 saturated carbocycles. The lowest BCUT2D eigenvalue weighted by Gasteiger charge is -2.07. The highest BCUT2D eigenvalue weighted by Crippen LogP contribution is 2.31. The van der Waals surface area contributed by atoms with Gasteiger partial charge in [-0.25, -0.2) is 9.79 Å². The van der Waals surface area contributed by atoms with Crippen molar-refractivity contribution in [3.8, 4) is 11.1 Å². The molecule has 0 radical (unpaired) electrons. The molecule has 25 heavy (non-hydrogen) atoms. The number of nitrogens with two attached hydrogens (primary N) is 1. The van der Waals surface area contributed by atoms with Crippen LogP contribution in [0.1, 0.15) is 24.5 Å². The number of aliphatic hydroxyl groups excluding tert-OH is 1. The van der Waals surface area contributed by atoms with Gasteiger partial charge < -0.3 is 15.6 Å². The zero-order valence-electron chi connectivity index (χ0n) is 13.9. The lowest BCUT2D eigenvalue weighted by Crippen LogP contribution is -2.16. The molecule has 0 unspecified atom stereocenters. The Kier molecular flexibility index (Phi) is 4.90. The van der Waals surface area contributed by atoms with Gasteiger partial charge >= 0.3 is 5.97 Å². The predicted octanol–water partition coefficient (Wildman–Crippen LogP) is 2.58. The Bertz CT molecular complexity index is 872. The summed E-state index contributed by atoms with van der Waals surface area (Å²) in [4.78, 5) is 20.6. The van der Waals surface area contributed by atoms with Crippen molar-refractivity contribution in [2.24, 2.45) is 10.7 Å². The Balaban J connectivity index is 2.02. The second-order valence-corrected chi connectivity index (χ2v) is 5.68. The van der Waals surface area contributed by atoms with Crippen molar-refractivity contribution < 1.29 is 14.6 Å². The first kappa shape index (κ1) is 16.9. The number of aliphatic hydroxyl groups is 1. The van der Waals surface area contributed by atoms with E-state index in [9.17, 15) is 9.90 Å². The maximum atomic E-state index is 12.0. The average Bonchev–Trinajstić information content (AvgIpc) is 2.79. The zero-order chi connectivity index (χ0) is 17.8. The van der Waals surface area contributed by atoms with Crippen molar-refractivity contribution >= 4 is 23.6 Å². The molecule has 6 heteroatoms. The molecule has 1 aliphatic heterocycles. The summed E-state index contributed by atoms with van der Waals surface area (Å²) in [5.74, 6) is -0.0186. The van der Waals surface area contributed by atoms with E-state index in [1.807, 2.05) is 24.3 Å². The first-order valence-corrected chi connectivity index (χ1v) is 8.00. The fourth-order valence-electron chi connectivity index (χ4n) is 2.66. The molecule has 6 nitrogen and oxygen atoms in total. The highest BCUT2D eigenvalue weighted by Gasteiger charge is 2.17. The third-order valence-corrected chi connectivity index (χ3v) is 3.84. The molecule has 1 aliphatic rings. The van der Waals surface area contributed by atoms with Crippen LogP contribution < -0.4 is 5.73 Å². The minimum Gasteiger partial charge on any atom is -0.463 e. The number of hydrogen-bond acceptors (Lipinski definition) is 6. The zero-order valence-corrected chi connectivity index (χ0v) is 13.9. The van der Waals surface area contributed by atoms with Crippen molar-refractivity contribution in [3.05, 3.63) is 53.4 Å². The van der Waals surface area contributed by atoms with Crippen molar-refractivity contribution in [1.82, 2.24) is 4.98 Å². The quantitative estimate of drug-likeness (QED) is 0.836. The number of pyridine rings is 1. The molecule has 0 amide bonds. The van der Waals surface area contributed by atoms with E-state index in [0.717, 1.165) is 22.3 Å². The molecule has 2 aromatic rings.